The molecule has 1 saturated heterocycles. The Balaban J connectivity index is 1.30. The molecule has 0 spiro atoms. The quantitative estimate of drug-likeness (QED) is 0.546. The first-order valence-corrected chi connectivity index (χ1v) is 11.2. The molecular weight excluding hydrogens is 466 g/mol. The number of rotatable bonds is 4. The topological polar surface area (TPSA) is 87.2 Å². The highest BCUT2D eigenvalue weighted by atomic mass is 79.9. The molecule has 0 unspecified atom stereocenters. The Morgan fingerprint density at radius 2 is 1.60 bits per heavy atom. The van der Waals surface area contributed by atoms with Gasteiger partial charge in [0.05, 0.1) is 0 Å². The Labute approximate surface area is 186 Å². The van der Waals surface area contributed by atoms with E-state index in [2.05, 4.69) is 36.8 Å². The summed E-state index contributed by atoms with van der Waals surface area (Å²) >= 11 is 4.71. The van der Waals surface area contributed by atoms with Crippen LogP contribution in [0.5, 0.6) is 0 Å². The average molecular weight is 486 g/mol. The number of aromatic nitrogens is 2. The summed E-state index contributed by atoms with van der Waals surface area (Å²) in [6, 6.07) is 16.7. The lowest BCUT2D eigenvalue weighted by Crippen LogP contribution is -2.40. The normalized spacial score (nSPS) is 14.4. The maximum Gasteiger partial charge on any atom is 0.321 e. The first-order valence-electron chi connectivity index (χ1n) is 9.60. The summed E-state index contributed by atoms with van der Waals surface area (Å²) in [5, 5.41) is 15.2. The first kappa shape index (κ1) is 20.5. The molecule has 2 heterocycles. The molecule has 0 aliphatic carbocycles. The summed E-state index contributed by atoms with van der Waals surface area (Å²) in [6.07, 6.45) is 1.59. The van der Waals surface area contributed by atoms with Crippen molar-refractivity contribution in [3.63, 3.8) is 0 Å². The zero-order valence-corrected chi connectivity index (χ0v) is 18.4. The number of carbonyl (C=O) groups is 2. The van der Waals surface area contributed by atoms with E-state index in [1.54, 1.807) is 0 Å². The fourth-order valence-corrected chi connectivity index (χ4v) is 4.43. The van der Waals surface area contributed by atoms with E-state index in [0.717, 1.165) is 33.7 Å². The van der Waals surface area contributed by atoms with Crippen LogP contribution in [0.3, 0.4) is 0 Å². The maximum atomic E-state index is 12.5. The molecule has 0 radical (unpaired) electrons. The molecule has 3 aromatic rings. The van der Waals surface area contributed by atoms with Crippen LogP contribution in [0.4, 0.5) is 16.2 Å². The summed E-state index contributed by atoms with van der Waals surface area (Å²) in [5.41, 5.74) is 1.49. The SMILES string of the molecule is O=C(Nc1ccccc1)c1nnc(C2CCN(C(=O)Nc3ccc(Br)cc3)CC2)s1. The molecular formula is C21H20BrN5O2S. The molecule has 4 rings (SSSR count). The van der Waals surface area contributed by atoms with E-state index in [-0.39, 0.29) is 17.9 Å². The van der Waals surface area contributed by atoms with Gasteiger partial charge < -0.3 is 15.5 Å². The third-order valence-electron chi connectivity index (χ3n) is 4.89. The largest absolute Gasteiger partial charge is 0.324 e. The van der Waals surface area contributed by atoms with Crippen LogP contribution in [0.15, 0.2) is 59.1 Å². The maximum absolute atomic E-state index is 12.5. The van der Waals surface area contributed by atoms with Crippen molar-refractivity contribution in [1.82, 2.24) is 15.1 Å². The number of likely N-dealkylation sites (tertiary alicyclic amines) is 1. The van der Waals surface area contributed by atoms with Gasteiger partial charge in [-0.3, -0.25) is 4.79 Å². The van der Waals surface area contributed by atoms with Crippen LogP contribution in [0.1, 0.15) is 33.6 Å². The van der Waals surface area contributed by atoms with Crippen molar-refractivity contribution in [2.45, 2.75) is 18.8 Å². The highest BCUT2D eigenvalue weighted by Gasteiger charge is 2.27. The second kappa shape index (κ2) is 9.36. The molecule has 1 aliphatic heterocycles. The van der Waals surface area contributed by atoms with Gasteiger partial charge in [0.2, 0.25) is 5.01 Å². The summed E-state index contributed by atoms with van der Waals surface area (Å²) in [6.45, 7) is 1.27. The van der Waals surface area contributed by atoms with Gasteiger partial charge in [-0.2, -0.15) is 0 Å². The molecule has 9 heteroatoms. The zero-order chi connectivity index (χ0) is 20.9. The number of carbonyl (C=O) groups excluding carboxylic acids is 2. The van der Waals surface area contributed by atoms with E-state index in [1.807, 2.05) is 59.5 Å². The number of piperidine rings is 1. The highest BCUT2D eigenvalue weighted by molar-refractivity contribution is 9.10. The first-order chi connectivity index (χ1) is 14.6. The molecule has 7 nitrogen and oxygen atoms in total. The lowest BCUT2D eigenvalue weighted by Gasteiger charge is -2.30. The molecule has 1 aliphatic rings. The van der Waals surface area contributed by atoms with Crippen LogP contribution in [0.25, 0.3) is 0 Å². The van der Waals surface area contributed by atoms with Gasteiger partial charge in [0.1, 0.15) is 5.01 Å². The number of amides is 3. The zero-order valence-electron chi connectivity index (χ0n) is 16.0. The predicted molar refractivity (Wildman–Crippen MR) is 121 cm³/mol. The minimum absolute atomic E-state index is 0.101. The van der Waals surface area contributed by atoms with Gasteiger partial charge in [0.15, 0.2) is 0 Å². The van der Waals surface area contributed by atoms with Crippen molar-refractivity contribution < 1.29 is 9.59 Å². The fraction of sp³-hybridized carbons (Fsp3) is 0.238. The molecule has 0 atom stereocenters. The van der Waals surface area contributed by atoms with Gasteiger partial charge in [0.25, 0.3) is 5.91 Å². The number of urea groups is 1. The molecule has 154 valence electrons. The Bertz CT molecular complexity index is 1020. The van der Waals surface area contributed by atoms with Crippen LogP contribution in [0.2, 0.25) is 0 Å². The second-order valence-corrected chi connectivity index (χ2v) is 8.89. The third kappa shape index (κ3) is 5.03. The number of benzene rings is 2. The van der Waals surface area contributed by atoms with E-state index < -0.39 is 0 Å². The van der Waals surface area contributed by atoms with E-state index in [9.17, 15) is 9.59 Å². The van der Waals surface area contributed by atoms with Crippen molar-refractivity contribution >= 4 is 50.6 Å². The number of anilines is 2. The summed E-state index contributed by atoms with van der Waals surface area (Å²) in [4.78, 5) is 26.7. The Hall–Kier alpha value is -2.78. The van der Waals surface area contributed by atoms with Gasteiger partial charge in [0, 0.05) is 34.9 Å². The van der Waals surface area contributed by atoms with E-state index >= 15 is 0 Å². The number of nitrogens with one attached hydrogen (secondary N) is 2. The minimum Gasteiger partial charge on any atom is -0.324 e. The second-order valence-electron chi connectivity index (χ2n) is 6.96. The number of para-hydroxylation sites is 1. The van der Waals surface area contributed by atoms with Crippen LogP contribution >= 0.6 is 27.3 Å². The Kier molecular flexibility index (Phi) is 6.39. The standard InChI is InChI=1S/C21H20BrN5O2S/c22-15-6-8-17(9-7-15)24-21(29)27-12-10-14(11-13-27)19-25-26-20(30-19)18(28)23-16-4-2-1-3-5-16/h1-9,14H,10-13H2,(H,23,28)(H,24,29). The van der Waals surface area contributed by atoms with Gasteiger partial charge in [-0.25, -0.2) is 4.79 Å². The van der Waals surface area contributed by atoms with Crippen LogP contribution in [-0.4, -0.2) is 40.1 Å². The highest BCUT2D eigenvalue weighted by Crippen LogP contribution is 2.30. The molecule has 0 bridgehead atoms. The lowest BCUT2D eigenvalue weighted by atomic mass is 9.98. The van der Waals surface area contributed by atoms with Crippen LogP contribution in [0, 0.1) is 0 Å². The number of hydrogen-bond donors (Lipinski definition) is 2. The van der Waals surface area contributed by atoms with Crippen LogP contribution < -0.4 is 10.6 Å². The monoisotopic (exact) mass is 485 g/mol. The summed E-state index contributed by atoms with van der Waals surface area (Å²) < 4.78 is 0.968. The summed E-state index contributed by atoms with van der Waals surface area (Å²) in [7, 11) is 0. The van der Waals surface area contributed by atoms with Gasteiger partial charge in [-0.1, -0.05) is 45.5 Å². The Morgan fingerprint density at radius 1 is 0.933 bits per heavy atom. The summed E-state index contributed by atoms with van der Waals surface area (Å²) in [5.74, 6) is -0.0474. The van der Waals surface area contributed by atoms with E-state index in [4.69, 9.17) is 0 Å². The molecule has 1 aromatic heterocycles. The van der Waals surface area contributed by atoms with Gasteiger partial charge in [-0.15, -0.1) is 10.2 Å². The Morgan fingerprint density at radius 3 is 2.30 bits per heavy atom. The van der Waals surface area contributed by atoms with E-state index in [0.29, 0.717) is 18.1 Å². The molecule has 0 saturated carbocycles. The third-order valence-corrected chi connectivity index (χ3v) is 6.51. The van der Waals surface area contributed by atoms with Crippen molar-refractivity contribution in [1.29, 1.82) is 0 Å². The number of hydrogen-bond acceptors (Lipinski definition) is 5. The molecule has 3 amide bonds. The molecule has 2 aromatic carbocycles. The van der Waals surface area contributed by atoms with Crippen molar-refractivity contribution in [2.24, 2.45) is 0 Å². The smallest absolute Gasteiger partial charge is 0.321 e. The van der Waals surface area contributed by atoms with Crippen molar-refractivity contribution in [2.75, 3.05) is 23.7 Å². The average Bonchev–Trinajstić information content (AvgIpc) is 3.27. The van der Waals surface area contributed by atoms with Gasteiger partial charge >= 0.3 is 6.03 Å². The lowest BCUT2D eigenvalue weighted by molar-refractivity contribution is 0.102. The van der Waals surface area contributed by atoms with Crippen molar-refractivity contribution in [3.8, 4) is 0 Å². The van der Waals surface area contributed by atoms with Gasteiger partial charge in [-0.05, 0) is 49.2 Å². The molecule has 30 heavy (non-hydrogen) atoms. The van der Waals surface area contributed by atoms with Crippen molar-refractivity contribution in [3.05, 3.63) is 69.1 Å². The minimum atomic E-state index is -0.253. The molecule has 2 N–H and O–H groups in total. The number of nitrogens with zero attached hydrogens (tertiary/aromatic N) is 3. The van der Waals surface area contributed by atoms with Crippen LogP contribution in [-0.2, 0) is 0 Å². The van der Waals surface area contributed by atoms with E-state index in [1.165, 1.54) is 11.3 Å². The number of halogens is 1. The fourth-order valence-electron chi connectivity index (χ4n) is 3.26. The molecule has 1 fully saturated rings. The predicted octanol–water partition coefficient (Wildman–Crippen LogP) is 4.96.